The van der Waals surface area contributed by atoms with E-state index < -0.39 is 0 Å². The third-order valence-electron chi connectivity index (χ3n) is 6.04. The minimum absolute atomic E-state index is 0.130. The van der Waals surface area contributed by atoms with Crippen molar-refractivity contribution >= 4 is 11.9 Å². The van der Waals surface area contributed by atoms with Crippen molar-refractivity contribution in [1.29, 1.82) is 0 Å². The second-order valence-corrected chi connectivity index (χ2v) is 7.61. The third-order valence-corrected chi connectivity index (χ3v) is 6.04. The van der Waals surface area contributed by atoms with Crippen molar-refractivity contribution in [1.82, 2.24) is 0 Å². The summed E-state index contributed by atoms with van der Waals surface area (Å²) >= 11 is 0. The van der Waals surface area contributed by atoms with E-state index in [1.165, 1.54) is 6.92 Å². The lowest BCUT2D eigenvalue weighted by Gasteiger charge is -2.62. The fourth-order valence-corrected chi connectivity index (χ4v) is 5.22. The number of hydrogen-bond donors (Lipinski definition) is 0. The molecule has 3 rings (SSSR count). The summed E-state index contributed by atoms with van der Waals surface area (Å²) < 4.78 is 10.8. The van der Waals surface area contributed by atoms with Gasteiger partial charge in [0.05, 0.1) is 6.61 Å². The number of carbonyl (C=O) groups excluding carboxylic acids is 2. The van der Waals surface area contributed by atoms with E-state index in [-0.39, 0.29) is 34.6 Å². The Labute approximate surface area is 125 Å². The first-order valence-corrected chi connectivity index (χ1v) is 7.81. The molecule has 0 aromatic heterocycles. The van der Waals surface area contributed by atoms with E-state index in [1.807, 2.05) is 0 Å². The lowest BCUT2D eigenvalue weighted by atomic mass is 9.41. The summed E-state index contributed by atoms with van der Waals surface area (Å²) in [6, 6.07) is 0. The highest BCUT2D eigenvalue weighted by Crippen LogP contribution is 2.71. The molecule has 4 heteroatoms. The molecule has 0 spiro atoms. The quantitative estimate of drug-likeness (QED) is 0.734. The van der Waals surface area contributed by atoms with Gasteiger partial charge in [-0.05, 0) is 30.1 Å². The number of carbonyl (C=O) groups is 2. The summed E-state index contributed by atoms with van der Waals surface area (Å²) in [6.45, 7) is 10.4. The average Bonchev–Trinajstić information content (AvgIpc) is 2.66. The van der Waals surface area contributed by atoms with E-state index in [0.717, 1.165) is 19.3 Å². The first kappa shape index (κ1) is 14.6. The smallest absolute Gasteiger partial charge is 0.311 e. The van der Waals surface area contributed by atoms with Crippen LogP contribution < -0.4 is 0 Å². The van der Waals surface area contributed by atoms with E-state index in [9.17, 15) is 9.59 Å². The largest absolute Gasteiger partial charge is 0.465 e. The summed E-state index contributed by atoms with van der Waals surface area (Å²) in [5.41, 5.74) is 0.0236. The molecule has 1 heterocycles. The predicted molar refractivity (Wildman–Crippen MR) is 77.0 cm³/mol. The highest BCUT2D eigenvalue weighted by Gasteiger charge is 2.69. The van der Waals surface area contributed by atoms with Gasteiger partial charge in [-0.1, -0.05) is 26.8 Å². The first-order valence-electron chi connectivity index (χ1n) is 7.81. The summed E-state index contributed by atoms with van der Waals surface area (Å²) in [6.07, 6.45) is 3.63. The molecular weight excluding hydrogens is 268 g/mol. The van der Waals surface area contributed by atoms with Crippen LogP contribution in [0.1, 0.15) is 46.5 Å². The van der Waals surface area contributed by atoms with Crippen molar-refractivity contribution in [2.75, 3.05) is 6.61 Å². The molecule has 4 nitrogen and oxygen atoms in total. The Morgan fingerprint density at radius 1 is 1.43 bits per heavy atom. The molecule has 4 bridgehead atoms. The summed E-state index contributed by atoms with van der Waals surface area (Å²) in [4.78, 5) is 23.2. The Hall–Kier alpha value is -1.32. The zero-order valence-corrected chi connectivity index (χ0v) is 13.1. The van der Waals surface area contributed by atoms with Crippen molar-refractivity contribution in [2.24, 2.45) is 28.6 Å². The van der Waals surface area contributed by atoms with Crippen LogP contribution in [0.2, 0.25) is 0 Å². The van der Waals surface area contributed by atoms with Gasteiger partial charge in [0.1, 0.15) is 5.76 Å². The average molecular weight is 292 g/mol. The predicted octanol–water partition coefficient (Wildman–Crippen LogP) is 3.07. The maximum atomic E-state index is 12.0. The van der Waals surface area contributed by atoms with Gasteiger partial charge in [0.15, 0.2) is 0 Å². The van der Waals surface area contributed by atoms with Gasteiger partial charge in [-0.3, -0.25) is 9.59 Å². The van der Waals surface area contributed by atoms with Crippen LogP contribution in [-0.4, -0.2) is 18.5 Å². The lowest BCUT2D eigenvalue weighted by molar-refractivity contribution is -0.183. The van der Waals surface area contributed by atoms with Gasteiger partial charge in [-0.25, -0.2) is 0 Å². The molecule has 116 valence electrons. The van der Waals surface area contributed by atoms with E-state index in [2.05, 4.69) is 20.4 Å². The summed E-state index contributed by atoms with van der Waals surface area (Å²) in [5.74, 6) is 0.915. The van der Waals surface area contributed by atoms with Gasteiger partial charge in [0.25, 0.3) is 0 Å². The zero-order chi connectivity index (χ0) is 15.4. The topological polar surface area (TPSA) is 52.6 Å². The van der Waals surface area contributed by atoms with Crippen LogP contribution in [-0.2, 0) is 19.1 Å². The molecule has 2 saturated carbocycles. The molecule has 0 radical (unpaired) electrons. The van der Waals surface area contributed by atoms with Crippen LogP contribution in [0.3, 0.4) is 0 Å². The Balaban J connectivity index is 2.00. The van der Waals surface area contributed by atoms with Crippen LogP contribution >= 0.6 is 0 Å². The molecular formula is C17H24O4. The summed E-state index contributed by atoms with van der Waals surface area (Å²) in [5, 5.41) is 0. The van der Waals surface area contributed by atoms with Gasteiger partial charge in [0, 0.05) is 24.7 Å². The minimum atomic E-state index is -0.258. The second kappa shape index (κ2) is 4.59. The van der Waals surface area contributed by atoms with Crippen molar-refractivity contribution in [3.05, 3.63) is 12.3 Å². The van der Waals surface area contributed by atoms with E-state index in [0.29, 0.717) is 24.7 Å². The summed E-state index contributed by atoms with van der Waals surface area (Å²) in [7, 11) is 0. The molecule has 3 fully saturated rings. The molecule has 0 amide bonds. The Morgan fingerprint density at radius 2 is 2.14 bits per heavy atom. The molecule has 0 aromatic rings. The highest BCUT2D eigenvalue weighted by atomic mass is 16.5. The molecule has 0 unspecified atom stereocenters. The SMILES string of the molecule is C=C1OC(=O)C[C@H]2[C@H]3[C@@H]1[C@@]2(COC(C)=O)CCCC3(C)C. The normalized spacial score (nSPS) is 40.4. The maximum absolute atomic E-state index is 12.0. The maximum Gasteiger partial charge on any atom is 0.311 e. The number of esters is 2. The minimum Gasteiger partial charge on any atom is -0.465 e. The molecule has 2 aliphatic carbocycles. The third kappa shape index (κ3) is 2.02. The number of fused-ring (bicyclic) bond motifs is 1. The van der Waals surface area contributed by atoms with E-state index >= 15 is 0 Å². The molecule has 4 atom stereocenters. The number of hydrogen-bond acceptors (Lipinski definition) is 4. The number of ether oxygens (including phenoxy) is 2. The Bertz CT molecular complexity index is 507. The van der Waals surface area contributed by atoms with Gasteiger partial charge in [-0.15, -0.1) is 0 Å². The Kier molecular flexibility index (Phi) is 3.19. The van der Waals surface area contributed by atoms with Crippen molar-refractivity contribution in [2.45, 2.75) is 46.5 Å². The van der Waals surface area contributed by atoms with Gasteiger partial charge in [0.2, 0.25) is 0 Å². The van der Waals surface area contributed by atoms with E-state index in [1.54, 1.807) is 0 Å². The van der Waals surface area contributed by atoms with Crippen molar-refractivity contribution < 1.29 is 19.1 Å². The molecule has 1 aliphatic heterocycles. The van der Waals surface area contributed by atoms with Gasteiger partial charge >= 0.3 is 11.9 Å². The molecule has 21 heavy (non-hydrogen) atoms. The molecule has 0 N–H and O–H groups in total. The fourth-order valence-electron chi connectivity index (χ4n) is 5.22. The monoisotopic (exact) mass is 292 g/mol. The first-order chi connectivity index (χ1) is 9.78. The molecule has 3 aliphatic rings. The van der Waals surface area contributed by atoms with Crippen LogP contribution in [0.15, 0.2) is 12.3 Å². The van der Waals surface area contributed by atoms with Crippen LogP contribution in [0, 0.1) is 28.6 Å². The van der Waals surface area contributed by atoms with Crippen LogP contribution in [0.25, 0.3) is 0 Å². The van der Waals surface area contributed by atoms with Crippen LogP contribution in [0.5, 0.6) is 0 Å². The number of allylic oxidation sites excluding steroid dienone is 1. The van der Waals surface area contributed by atoms with E-state index in [4.69, 9.17) is 9.47 Å². The number of rotatable bonds is 2. The highest BCUT2D eigenvalue weighted by molar-refractivity contribution is 5.73. The van der Waals surface area contributed by atoms with Crippen molar-refractivity contribution in [3.8, 4) is 0 Å². The molecule has 1 saturated heterocycles. The zero-order valence-electron chi connectivity index (χ0n) is 13.1. The molecule has 0 aromatic carbocycles. The Morgan fingerprint density at radius 3 is 2.81 bits per heavy atom. The van der Waals surface area contributed by atoms with Gasteiger partial charge < -0.3 is 9.47 Å². The van der Waals surface area contributed by atoms with Crippen molar-refractivity contribution in [3.63, 3.8) is 0 Å². The number of cyclic esters (lactones) is 1. The van der Waals surface area contributed by atoms with Gasteiger partial charge in [-0.2, -0.15) is 0 Å². The fraction of sp³-hybridized carbons (Fsp3) is 0.765. The lowest BCUT2D eigenvalue weighted by Crippen LogP contribution is -2.61. The van der Waals surface area contributed by atoms with Crippen LogP contribution in [0.4, 0.5) is 0 Å². The standard InChI is InChI=1S/C17H24O4/c1-10-14-15-12(8-13(19)21-10)17(14,9-20-11(2)18)7-5-6-16(15,3)4/h12,14-15H,1,5-9H2,2-4H3/t12-,14+,15-,17+/m0/s1. The second-order valence-electron chi connectivity index (χ2n) is 7.61.